The molecule has 0 radical (unpaired) electrons. The van der Waals surface area contributed by atoms with Gasteiger partial charge in [0.1, 0.15) is 6.61 Å². The molecule has 5 heteroatoms. The molecule has 1 unspecified atom stereocenters. The maximum atomic E-state index is 12.4. The van der Waals surface area contributed by atoms with Crippen LogP contribution in [0.5, 0.6) is 0 Å². The largest absolute Gasteiger partial charge is 0.463 e. The summed E-state index contributed by atoms with van der Waals surface area (Å²) in [6.07, 6.45) is 0.786. The first-order valence-electron chi connectivity index (χ1n) is 8.98. The zero-order valence-electron chi connectivity index (χ0n) is 16.1. The Labute approximate surface area is 151 Å². The summed E-state index contributed by atoms with van der Waals surface area (Å²) in [4.78, 5) is 24.2. The molecule has 0 saturated carbocycles. The van der Waals surface area contributed by atoms with Gasteiger partial charge in [-0.3, -0.25) is 4.79 Å². The van der Waals surface area contributed by atoms with E-state index < -0.39 is 5.41 Å². The summed E-state index contributed by atoms with van der Waals surface area (Å²) in [6, 6.07) is 9.41. The molecule has 0 heterocycles. The van der Waals surface area contributed by atoms with Crippen molar-refractivity contribution in [2.75, 3.05) is 13.2 Å². The van der Waals surface area contributed by atoms with Crippen molar-refractivity contribution in [3.8, 4) is 0 Å². The van der Waals surface area contributed by atoms with Gasteiger partial charge in [-0.2, -0.15) is 0 Å². The molecule has 0 aliphatic carbocycles. The normalized spacial score (nSPS) is 13.4. The lowest BCUT2D eigenvalue weighted by atomic mass is 9.73. The van der Waals surface area contributed by atoms with Crippen LogP contribution in [0.15, 0.2) is 30.3 Å². The van der Waals surface area contributed by atoms with Crippen LogP contribution in [0.1, 0.15) is 46.6 Å². The first-order valence-corrected chi connectivity index (χ1v) is 8.98. The summed E-state index contributed by atoms with van der Waals surface area (Å²) in [5, 5.41) is 5.47. The summed E-state index contributed by atoms with van der Waals surface area (Å²) in [5.74, 6) is 0.425. The lowest BCUT2D eigenvalue weighted by Crippen LogP contribution is -2.40. The van der Waals surface area contributed by atoms with E-state index in [1.807, 2.05) is 51.1 Å². The number of nitrogens with one attached hydrogen (secondary N) is 2. The van der Waals surface area contributed by atoms with E-state index in [1.165, 1.54) is 0 Å². The lowest BCUT2D eigenvalue weighted by Gasteiger charge is -2.32. The van der Waals surface area contributed by atoms with Crippen molar-refractivity contribution in [3.63, 3.8) is 0 Å². The number of amides is 2. The molecular formula is C20H32N2O3. The molecule has 2 N–H and O–H groups in total. The summed E-state index contributed by atoms with van der Waals surface area (Å²) in [5.41, 5.74) is 0.537. The maximum Gasteiger partial charge on any atom is 0.315 e. The zero-order chi connectivity index (χ0) is 18.9. The Hall–Kier alpha value is -2.04. The van der Waals surface area contributed by atoms with Gasteiger partial charge in [0.15, 0.2) is 0 Å². The Morgan fingerprint density at radius 3 is 2.28 bits per heavy atom. The van der Waals surface area contributed by atoms with Crippen molar-refractivity contribution < 1.29 is 14.3 Å². The van der Waals surface area contributed by atoms with Gasteiger partial charge in [0.2, 0.25) is 0 Å². The predicted molar refractivity (Wildman–Crippen MR) is 100 cm³/mol. The van der Waals surface area contributed by atoms with Crippen LogP contribution in [0, 0.1) is 17.3 Å². The Balaban J connectivity index is 2.31. The van der Waals surface area contributed by atoms with Crippen LogP contribution < -0.4 is 10.6 Å². The second kappa shape index (κ2) is 10.1. The average molecular weight is 348 g/mol. The number of urea groups is 1. The second-order valence-corrected chi connectivity index (χ2v) is 7.40. The third-order valence-corrected chi connectivity index (χ3v) is 4.49. The molecule has 0 bridgehead atoms. The molecule has 1 aromatic rings. The van der Waals surface area contributed by atoms with Crippen LogP contribution in [0.2, 0.25) is 0 Å². The van der Waals surface area contributed by atoms with E-state index >= 15 is 0 Å². The van der Waals surface area contributed by atoms with Crippen molar-refractivity contribution in [1.29, 1.82) is 0 Å². The van der Waals surface area contributed by atoms with E-state index in [2.05, 4.69) is 24.5 Å². The molecule has 0 aromatic heterocycles. The highest BCUT2D eigenvalue weighted by molar-refractivity contribution is 5.77. The lowest BCUT2D eigenvalue weighted by molar-refractivity contribution is -0.158. The first-order chi connectivity index (χ1) is 11.8. The number of hydrogen-bond donors (Lipinski definition) is 2. The highest BCUT2D eigenvalue weighted by atomic mass is 16.5. The fourth-order valence-electron chi connectivity index (χ4n) is 2.72. The number of rotatable bonds is 9. The van der Waals surface area contributed by atoms with Gasteiger partial charge >= 0.3 is 12.0 Å². The van der Waals surface area contributed by atoms with E-state index in [0.29, 0.717) is 19.0 Å². The maximum absolute atomic E-state index is 12.4. The number of esters is 1. The zero-order valence-corrected chi connectivity index (χ0v) is 16.1. The summed E-state index contributed by atoms with van der Waals surface area (Å²) >= 11 is 0. The number of carbonyl (C=O) groups excluding carboxylic acids is 2. The van der Waals surface area contributed by atoms with Gasteiger partial charge in [-0.05, 0) is 30.7 Å². The summed E-state index contributed by atoms with van der Waals surface area (Å²) in [7, 11) is 0. The minimum Gasteiger partial charge on any atom is -0.463 e. The van der Waals surface area contributed by atoms with E-state index in [0.717, 1.165) is 12.0 Å². The molecule has 5 nitrogen and oxygen atoms in total. The van der Waals surface area contributed by atoms with Gasteiger partial charge in [-0.1, -0.05) is 58.0 Å². The van der Waals surface area contributed by atoms with E-state index in [4.69, 9.17) is 4.74 Å². The van der Waals surface area contributed by atoms with E-state index in [9.17, 15) is 9.59 Å². The highest BCUT2D eigenvalue weighted by Gasteiger charge is 2.38. The Morgan fingerprint density at radius 1 is 1.08 bits per heavy atom. The van der Waals surface area contributed by atoms with Crippen molar-refractivity contribution in [2.45, 2.75) is 47.6 Å². The molecule has 1 rings (SSSR count). The molecule has 1 aromatic carbocycles. The van der Waals surface area contributed by atoms with Crippen LogP contribution in [0.4, 0.5) is 4.79 Å². The van der Waals surface area contributed by atoms with Gasteiger partial charge in [-0.15, -0.1) is 0 Å². The predicted octanol–water partition coefficient (Wildman–Crippen LogP) is 3.74. The van der Waals surface area contributed by atoms with Crippen LogP contribution in [-0.4, -0.2) is 25.2 Å². The van der Waals surface area contributed by atoms with Crippen molar-refractivity contribution in [1.82, 2.24) is 10.6 Å². The molecule has 2 amide bonds. The monoisotopic (exact) mass is 348 g/mol. The first kappa shape index (κ1) is 21.0. The molecular weight excluding hydrogens is 316 g/mol. The van der Waals surface area contributed by atoms with Crippen LogP contribution in [0.3, 0.4) is 0 Å². The standard InChI is InChI=1S/C20H32N2O3/c1-15(2)13-20(5,16(3)4)18(23)25-12-11-21-19(24)22-14-17-9-7-6-8-10-17/h6-10,15-16H,11-14H2,1-5H3,(H2,21,22,24). The molecule has 1 atom stereocenters. The third kappa shape index (κ3) is 7.16. The fraction of sp³-hybridized carbons (Fsp3) is 0.600. The molecule has 0 saturated heterocycles. The Morgan fingerprint density at radius 2 is 1.72 bits per heavy atom. The van der Waals surface area contributed by atoms with Gasteiger partial charge in [0, 0.05) is 6.54 Å². The average Bonchev–Trinajstić information content (AvgIpc) is 2.56. The van der Waals surface area contributed by atoms with Crippen molar-refractivity contribution in [2.24, 2.45) is 17.3 Å². The number of hydrogen-bond acceptors (Lipinski definition) is 3. The molecule has 25 heavy (non-hydrogen) atoms. The fourth-order valence-corrected chi connectivity index (χ4v) is 2.72. The van der Waals surface area contributed by atoms with Crippen LogP contribution in [-0.2, 0) is 16.1 Å². The second-order valence-electron chi connectivity index (χ2n) is 7.40. The summed E-state index contributed by atoms with van der Waals surface area (Å²) in [6.45, 7) is 11.2. The van der Waals surface area contributed by atoms with Crippen molar-refractivity contribution >= 4 is 12.0 Å². The minimum absolute atomic E-state index is 0.179. The Kier molecular flexibility index (Phi) is 8.46. The topological polar surface area (TPSA) is 67.4 Å². The molecule has 0 aliphatic rings. The van der Waals surface area contributed by atoms with E-state index in [1.54, 1.807) is 0 Å². The number of benzene rings is 1. The van der Waals surface area contributed by atoms with Gasteiger partial charge in [0.05, 0.1) is 12.0 Å². The molecule has 0 spiro atoms. The van der Waals surface area contributed by atoms with Crippen LogP contribution in [0.25, 0.3) is 0 Å². The minimum atomic E-state index is -0.496. The third-order valence-electron chi connectivity index (χ3n) is 4.49. The van der Waals surface area contributed by atoms with Crippen molar-refractivity contribution in [3.05, 3.63) is 35.9 Å². The number of ether oxygens (including phenoxy) is 1. The molecule has 0 fully saturated rings. The molecule has 140 valence electrons. The molecule has 0 aliphatic heterocycles. The highest BCUT2D eigenvalue weighted by Crippen LogP contribution is 2.35. The van der Waals surface area contributed by atoms with Gasteiger partial charge in [-0.25, -0.2) is 4.79 Å². The number of carbonyl (C=O) groups is 2. The van der Waals surface area contributed by atoms with Crippen LogP contribution >= 0.6 is 0 Å². The SMILES string of the molecule is CC(C)CC(C)(C(=O)OCCNC(=O)NCc1ccccc1)C(C)C. The smallest absolute Gasteiger partial charge is 0.315 e. The quantitative estimate of drug-likeness (QED) is 0.528. The van der Waals surface area contributed by atoms with Gasteiger partial charge in [0.25, 0.3) is 0 Å². The Bertz CT molecular complexity index is 543. The van der Waals surface area contributed by atoms with E-state index in [-0.39, 0.29) is 24.5 Å². The van der Waals surface area contributed by atoms with Gasteiger partial charge < -0.3 is 15.4 Å². The summed E-state index contributed by atoms with van der Waals surface area (Å²) < 4.78 is 5.40.